The Balaban J connectivity index is 1.82. The monoisotopic (exact) mass is 484 g/mol. The number of nitrogens with two attached hydrogens (primary N) is 1. The highest BCUT2D eigenvalue weighted by Gasteiger charge is 2.35. The van der Waals surface area contributed by atoms with Crippen LogP contribution in [0.5, 0.6) is 0 Å². The van der Waals surface area contributed by atoms with Gasteiger partial charge in [0.15, 0.2) is 0 Å². The molecule has 2 amide bonds. The molecule has 0 fully saturated rings. The van der Waals surface area contributed by atoms with E-state index in [0.717, 1.165) is 16.1 Å². The van der Waals surface area contributed by atoms with Crippen molar-refractivity contribution in [2.45, 2.75) is 26.6 Å². The summed E-state index contributed by atoms with van der Waals surface area (Å²) in [7, 11) is 3.06. The first-order chi connectivity index (χ1) is 16.4. The van der Waals surface area contributed by atoms with Crippen molar-refractivity contribution in [2.75, 3.05) is 12.8 Å². The highest BCUT2D eigenvalue weighted by Crippen LogP contribution is 2.34. The van der Waals surface area contributed by atoms with Crippen LogP contribution in [-0.2, 0) is 24.6 Å². The molecule has 2 aromatic heterocycles. The standard InChI is InChI=1S/C24H23F3N6O2/c1-13-5-6-16(19(9-13)24(25,26)27)12-33(32(4)14(2)34)23(35)15-7-8-20-17(10-15)21-18(22(28)30-20)11-29-31(21)3/h5-11H,12H2,1-4H3,(H2,28,30). The van der Waals surface area contributed by atoms with Gasteiger partial charge in [-0.15, -0.1) is 0 Å². The number of alkyl halides is 3. The molecule has 4 aromatic rings. The third-order valence-electron chi connectivity index (χ3n) is 5.90. The normalized spacial score (nSPS) is 11.7. The number of hydrogen-bond acceptors (Lipinski definition) is 5. The molecule has 0 spiro atoms. The van der Waals surface area contributed by atoms with Crippen molar-refractivity contribution in [1.29, 1.82) is 0 Å². The zero-order chi connectivity index (χ0) is 25.7. The third kappa shape index (κ3) is 4.36. The van der Waals surface area contributed by atoms with Crippen LogP contribution in [0.25, 0.3) is 21.8 Å². The summed E-state index contributed by atoms with van der Waals surface area (Å²) in [5, 5.41) is 7.41. The fraction of sp³-hybridized carbons (Fsp3) is 0.250. The predicted octanol–water partition coefficient (Wildman–Crippen LogP) is 4.07. The zero-order valence-corrected chi connectivity index (χ0v) is 19.5. The molecule has 0 aliphatic heterocycles. The molecular formula is C24H23F3N6O2. The fourth-order valence-corrected chi connectivity index (χ4v) is 3.98. The lowest BCUT2D eigenvalue weighted by Gasteiger charge is -2.32. The number of aryl methyl sites for hydroxylation is 2. The largest absolute Gasteiger partial charge is 0.416 e. The van der Waals surface area contributed by atoms with E-state index in [1.165, 1.54) is 32.2 Å². The van der Waals surface area contributed by atoms with E-state index in [1.807, 2.05) is 0 Å². The SMILES string of the molecule is CC(=O)N(C)N(Cc1ccc(C)cc1C(F)(F)F)C(=O)c1ccc2nc(N)c3cnn(C)c3c2c1. The number of hydrogen-bond donors (Lipinski definition) is 1. The summed E-state index contributed by atoms with van der Waals surface area (Å²) in [6.07, 6.45) is -3.05. The second-order valence-corrected chi connectivity index (χ2v) is 8.32. The third-order valence-corrected chi connectivity index (χ3v) is 5.90. The van der Waals surface area contributed by atoms with E-state index in [9.17, 15) is 22.8 Å². The number of nitrogens with zero attached hydrogens (tertiary/aromatic N) is 5. The van der Waals surface area contributed by atoms with Crippen LogP contribution in [0.2, 0.25) is 0 Å². The molecule has 2 heterocycles. The van der Waals surface area contributed by atoms with Crippen LogP contribution in [0.1, 0.15) is 34.0 Å². The fourth-order valence-electron chi connectivity index (χ4n) is 3.98. The van der Waals surface area contributed by atoms with E-state index in [-0.39, 0.29) is 16.9 Å². The number of aromatic nitrogens is 3. The predicted molar refractivity (Wildman–Crippen MR) is 125 cm³/mol. The Labute approximate surface area is 198 Å². The van der Waals surface area contributed by atoms with E-state index in [2.05, 4.69) is 10.1 Å². The van der Waals surface area contributed by atoms with Gasteiger partial charge in [0.05, 0.1) is 34.7 Å². The highest BCUT2D eigenvalue weighted by molar-refractivity contribution is 6.10. The van der Waals surface area contributed by atoms with Gasteiger partial charge in [0.1, 0.15) is 5.82 Å². The molecule has 0 bridgehead atoms. The van der Waals surface area contributed by atoms with Gasteiger partial charge in [-0.05, 0) is 36.8 Å². The Morgan fingerprint density at radius 3 is 2.49 bits per heavy atom. The maximum atomic E-state index is 13.7. The number of anilines is 1. The quantitative estimate of drug-likeness (QED) is 0.442. The maximum Gasteiger partial charge on any atom is 0.416 e. The molecule has 35 heavy (non-hydrogen) atoms. The number of pyridine rings is 1. The van der Waals surface area contributed by atoms with Gasteiger partial charge >= 0.3 is 6.18 Å². The summed E-state index contributed by atoms with van der Waals surface area (Å²) in [5.41, 5.74) is 6.82. The molecule has 0 unspecified atom stereocenters. The number of nitrogen functional groups attached to an aromatic ring is 1. The summed E-state index contributed by atoms with van der Waals surface area (Å²) < 4.78 is 42.7. The topological polar surface area (TPSA) is 97.3 Å². The van der Waals surface area contributed by atoms with E-state index in [1.54, 1.807) is 37.0 Å². The second-order valence-electron chi connectivity index (χ2n) is 8.32. The summed E-state index contributed by atoms with van der Waals surface area (Å²) in [6, 6.07) is 8.56. The first-order valence-corrected chi connectivity index (χ1v) is 10.6. The van der Waals surface area contributed by atoms with Crippen molar-refractivity contribution in [3.63, 3.8) is 0 Å². The number of hydrazine groups is 1. The van der Waals surface area contributed by atoms with E-state index in [4.69, 9.17) is 5.73 Å². The molecule has 0 aliphatic rings. The van der Waals surface area contributed by atoms with Crippen LogP contribution < -0.4 is 5.73 Å². The molecule has 11 heteroatoms. The molecule has 8 nitrogen and oxygen atoms in total. The number of fused-ring (bicyclic) bond motifs is 3. The number of carbonyl (C=O) groups is 2. The van der Waals surface area contributed by atoms with E-state index >= 15 is 0 Å². The number of benzene rings is 2. The van der Waals surface area contributed by atoms with Gasteiger partial charge in [0.2, 0.25) is 5.91 Å². The minimum atomic E-state index is -4.62. The average Bonchev–Trinajstić information content (AvgIpc) is 3.19. The van der Waals surface area contributed by atoms with Gasteiger partial charge < -0.3 is 5.73 Å². The van der Waals surface area contributed by atoms with Gasteiger partial charge in [0.25, 0.3) is 5.91 Å². The molecule has 0 saturated carbocycles. The molecule has 0 aliphatic carbocycles. The summed E-state index contributed by atoms with van der Waals surface area (Å²) >= 11 is 0. The van der Waals surface area contributed by atoms with Crippen LogP contribution in [0, 0.1) is 6.92 Å². The lowest BCUT2D eigenvalue weighted by atomic mass is 10.0. The summed E-state index contributed by atoms with van der Waals surface area (Å²) in [6.45, 7) is 2.33. The first-order valence-electron chi connectivity index (χ1n) is 10.6. The number of halogens is 3. The molecule has 4 rings (SSSR count). The van der Waals surface area contributed by atoms with Crippen LogP contribution in [-0.4, -0.2) is 43.6 Å². The van der Waals surface area contributed by atoms with Crippen molar-refractivity contribution in [3.05, 3.63) is 64.8 Å². The summed E-state index contributed by atoms with van der Waals surface area (Å²) in [5.74, 6) is -0.870. The van der Waals surface area contributed by atoms with Crippen LogP contribution >= 0.6 is 0 Å². The van der Waals surface area contributed by atoms with Crippen molar-refractivity contribution in [1.82, 2.24) is 24.8 Å². The average molecular weight is 484 g/mol. The van der Waals surface area contributed by atoms with Gasteiger partial charge in [-0.1, -0.05) is 17.7 Å². The Bertz CT molecular complexity index is 1480. The van der Waals surface area contributed by atoms with Crippen molar-refractivity contribution >= 4 is 39.4 Å². The van der Waals surface area contributed by atoms with Gasteiger partial charge in [-0.3, -0.25) is 19.3 Å². The van der Waals surface area contributed by atoms with Crippen LogP contribution in [0.3, 0.4) is 0 Å². The minimum Gasteiger partial charge on any atom is -0.383 e. The Kier molecular flexibility index (Phi) is 5.87. The molecule has 0 saturated heterocycles. The van der Waals surface area contributed by atoms with Gasteiger partial charge in [-0.2, -0.15) is 18.3 Å². The van der Waals surface area contributed by atoms with E-state index in [0.29, 0.717) is 27.4 Å². The first kappa shape index (κ1) is 24.0. The highest BCUT2D eigenvalue weighted by atomic mass is 19.4. The summed E-state index contributed by atoms with van der Waals surface area (Å²) in [4.78, 5) is 30.1. The van der Waals surface area contributed by atoms with E-state index < -0.39 is 30.1 Å². The molecule has 2 aromatic carbocycles. The lowest BCUT2D eigenvalue weighted by molar-refractivity contribution is -0.141. The molecular weight excluding hydrogens is 461 g/mol. The van der Waals surface area contributed by atoms with Gasteiger partial charge in [0, 0.05) is 32.0 Å². The number of carbonyl (C=O) groups excluding carboxylic acids is 2. The van der Waals surface area contributed by atoms with Crippen LogP contribution in [0.4, 0.5) is 19.0 Å². The van der Waals surface area contributed by atoms with Crippen molar-refractivity contribution in [3.8, 4) is 0 Å². The minimum absolute atomic E-state index is 0.131. The molecule has 0 radical (unpaired) electrons. The van der Waals surface area contributed by atoms with Crippen LogP contribution in [0.15, 0.2) is 42.6 Å². The lowest BCUT2D eigenvalue weighted by Crippen LogP contribution is -2.46. The number of rotatable bonds is 3. The molecule has 182 valence electrons. The Morgan fingerprint density at radius 1 is 1.11 bits per heavy atom. The Hall–Kier alpha value is -4.15. The molecule has 0 atom stereocenters. The second kappa shape index (κ2) is 8.57. The smallest absolute Gasteiger partial charge is 0.383 e. The Morgan fingerprint density at radius 2 is 1.83 bits per heavy atom. The van der Waals surface area contributed by atoms with Gasteiger partial charge in [-0.25, -0.2) is 9.99 Å². The maximum absolute atomic E-state index is 13.7. The van der Waals surface area contributed by atoms with Crippen molar-refractivity contribution < 1.29 is 22.8 Å². The molecule has 2 N–H and O–H groups in total. The zero-order valence-electron chi connectivity index (χ0n) is 19.5. The van der Waals surface area contributed by atoms with Crippen molar-refractivity contribution in [2.24, 2.45) is 7.05 Å². The number of amides is 2.